The van der Waals surface area contributed by atoms with E-state index in [-0.39, 0.29) is 24.9 Å². The highest BCUT2D eigenvalue weighted by Crippen LogP contribution is 2.31. The molecule has 0 radical (unpaired) electrons. The van der Waals surface area contributed by atoms with Gasteiger partial charge in [-0.2, -0.15) is 4.31 Å². The van der Waals surface area contributed by atoms with Crippen LogP contribution >= 0.6 is 0 Å². The second kappa shape index (κ2) is 6.14. The second-order valence-corrected chi connectivity index (χ2v) is 7.33. The molecular weight excluding hydrogens is 332 g/mol. The fourth-order valence-corrected chi connectivity index (χ4v) is 4.32. The molecule has 9 heteroatoms. The minimum absolute atomic E-state index is 0.0155. The molecule has 1 saturated heterocycles. The Bertz CT molecular complexity index is 737. The van der Waals surface area contributed by atoms with Gasteiger partial charge in [0, 0.05) is 13.7 Å². The Morgan fingerprint density at radius 1 is 1.39 bits per heavy atom. The zero-order chi connectivity index (χ0) is 17.4. The van der Waals surface area contributed by atoms with Crippen LogP contribution in [-0.4, -0.2) is 49.6 Å². The van der Waals surface area contributed by atoms with Crippen LogP contribution in [0.25, 0.3) is 0 Å². The predicted molar refractivity (Wildman–Crippen MR) is 76.5 cm³/mol. The molecule has 23 heavy (non-hydrogen) atoms. The highest BCUT2D eigenvalue weighted by molar-refractivity contribution is 7.89. The summed E-state index contributed by atoms with van der Waals surface area (Å²) in [5, 5.41) is 9.30. The van der Waals surface area contributed by atoms with Crippen LogP contribution in [0.1, 0.15) is 18.4 Å². The second-order valence-electron chi connectivity index (χ2n) is 5.45. The van der Waals surface area contributed by atoms with E-state index < -0.39 is 44.7 Å². The highest BCUT2D eigenvalue weighted by atomic mass is 32.2. The number of hydrogen-bond acceptors (Lipinski definition) is 4. The summed E-state index contributed by atoms with van der Waals surface area (Å²) in [5.74, 6) is -3.70. The maximum absolute atomic E-state index is 14.2. The third-order valence-electron chi connectivity index (χ3n) is 4.04. The van der Waals surface area contributed by atoms with Gasteiger partial charge in [0.25, 0.3) is 0 Å². The summed E-state index contributed by atoms with van der Waals surface area (Å²) < 4.78 is 59.0. The third kappa shape index (κ3) is 2.96. The first-order valence-electron chi connectivity index (χ1n) is 6.89. The van der Waals surface area contributed by atoms with Crippen LogP contribution in [-0.2, 0) is 19.6 Å². The Kier molecular flexibility index (Phi) is 4.74. The van der Waals surface area contributed by atoms with Crippen molar-refractivity contribution in [2.45, 2.75) is 30.3 Å². The van der Waals surface area contributed by atoms with Gasteiger partial charge in [0.1, 0.15) is 11.6 Å². The Hall–Kier alpha value is -1.58. The number of benzene rings is 1. The van der Waals surface area contributed by atoms with Crippen molar-refractivity contribution in [3.63, 3.8) is 0 Å². The van der Waals surface area contributed by atoms with Crippen molar-refractivity contribution in [2.75, 3.05) is 20.2 Å². The van der Waals surface area contributed by atoms with Gasteiger partial charge in [0.15, 0.2) is 10.5 Å². The van der Waals surface area contributed by atoms with Crippen LogP contribution in [0.4, 0.5) is 8.78 Å². The molecule has 0 bridgehead atoms. The van der Waals surface area contributed by atoms with Crippen molar-refractivity contribution in [1.29, 1.82) is 0 Å². The first-order chi connectivity index (χ1) is 10.7. The van der Waals surface area contributed by atoms with Crippen LogP contribution in [0, 0.1) is 18.6 Å². The molecule has 0 spiro atoms. The van der Waals surface area contributed by atoms with Gasteiger partial charge in [-0.3, -0.25) is 0 Å². The van der Waals surface area contributed by atoms with Crippen LogP contribution in [0.3, 0.4) is 0 Å². The van der Waals surface area contributed by atoms with E-state index in [2.05, 4.69) is 0 Å². The van der Waals surface area contributed by atoms with Gasteiger partial charge in [0.2, 0.25) is 10.0 Å². The first kappa shape index (κ1) is 17.8. The summed E-state index contributed by atoms with van der Waals surface area (Å²) in [5.41, 5.74) is -1.74. The molecule has 1 fully saturated rings. The zero-order valence-corrected chi connectivity index (χ0v) is 13.5. The molecule has 1 N–H and O–H groups in total. The van der Waals surface area contributed by atoms with E-state index >= 15 is 0 Å². The Morgan fingerprint density at radius 2 is 2.04 bits per heavy atom. The number of sulfonamides is 1. The van der Waals surface area contributed by atoms with Crippen molar-refractivity contribution in [2.24, 2.45) is 0 Å². The largest absolute Gasteiger partial charge is 0.479 e. The number of aryl methyl sites for hydroxylation is 1. The number of nitrogens with zero attached hydrogens (tertiary/aromatic N) is 1. The molecule has 2 rings (SSSR count). The maximum Gasteiger partial charge on any atom is 0.337 e. The van der Waals surface area contributed by atoms with Crippen LogP contribution in [0.2, 0.25) is 0 Å². The van der Waals surface area contributed by atoms with E-state index in [1.807, 2.05) is 0 Å². The molecular formula is C14H17F2NO5S. The number of carboxylic acids is 1. The summed E-state index contributed by atoms with van der Waals surface area (Å²) in [6, 6.07) is 2.01. The van der Waals surface area contributed by atoms with Crippen LogP contribution in [0.15, 0.2) is 17.0 Å². The molecule has 1 aliphatic rings. The number of aliphatic carboxylic acids is 1. The highest BCUT2D eigenvalue weighted by Gasteiger charge is 2.47. The summed E-state index contributed by atoms with van der Waals surface area (Å²) in [6.07, 6.45) is 0.318. The van der Waals surface area contributed by atoms with Gasteiger partial charge in [-0.05, 0) is 31.4 Å². The van der Waals surface area contributed by atoms with Crippen LogP contribution in [0.5, 0.6) is 0 Å². The summed E-state index contributed by atoms with van der Waals surface area (Å²) in [7, 11) is -3.36. The third-order valence-corrected chi connectivity index (χ3v) is 5.92. The van der Waals surface area contributed by atoms with Crippen molar-refractivity contribution < 1.29 is 31.8 Å². The number of carboxylic acid groups (broad SMARTS) is 1. The quantitative estimate of drug-likeness (QED) is 0.891. The van der Waals surface area contributed by atoms with Gasteiger partial charge in [0.05, 0.1) is 6.54 Å². The molecule has 0 saturated carbocycles. The van der Waals surface area contributed by atoms with Gasteiger partial charge in [-0.25, -0.2) is 22.0 Å². The Labute approximate surface area is 132 Å². The van der Waals surface area contributed by atoms with E-state index in [1.165, 1.54) is 6.92 Å². The van der Waals surface area contributed by atoms with Crippen LogP contribution < -0.4 is 0 Å². The molecule has 0 aliphatic carbocycles. The molecule has 0 amide bonds. The molecule has 128 valence electrons. The molecule has 1 atom stereocenters. The summed E-state index contributed by atoms with van der Waals surface area (Å²) in [4.78, 5) is 10.3. The van der Waals surface area contributed by atoms with Gasteiger partial charge in [-0.1, -0.05) is 6.07 Å². The average molecular weight is 349 g/mol. The van der Waals surface area contributed by atoms with E-state index in [4.69, 9.17) is 4.74 Å². The maximum atomic E-state index is 14.2. The molecule has 6 nitrogen and oxygen atoms in total. The standard InChI is InChI=1S/C14H17F2NO5S/c1-9-4-5-10(15)12(11(9)16)23(20,21)17-7-3-6-14(8-17,22-2)13(18)19/h4-5H,3,6-8H2,1-2H3,(H,18,19). The lowest BCUT2D eigenvalue weighted by Gasteiger charge is -2.38. The molecule has 0 aromatic heterocycles. The molecule has 1 aliphatic heterocycles. The van der Waals surface area contributed by atoms with Crippen molar-refractivity contribution in [3.05, 3.63) is 29.3 Å². The lowest BCUT2D eigenvalue weighted by Crippen LogP contribution is -2.55. The first-order valence-corrected chi connectivity index (χ1v) is 8.33. The average Bonchev–Trinajstić information content (AvgIpc) is 2.51. The number of piperidine rings is 1. The Balaban J connectivity index is 2.49. The predicted octanol–water partition coefficient (Wildman–Crippen LogP) is 1.53. The van der Waals surface area contributed by atoms with E-state index in [1.54, 1.807) is 0 Å². The van der Waals surface area contributed by atoms with E-state index in [0.717, 1.165) is 23.5 Å². The van der Waals surface area contributed by atoms with E-state index in [0.29, 0.717) is 0 Å². The number of halogens is 2. The van der Waals surface area contributed by atoms with Crippen molar-refractivity contribution in [3.8, 4) is 0 Å². The minimum atomic E-state index is -4.52. The normalized spacial score (nSPS) is 23.0. The zero-order valence-electron chi connectivity index (χ0n) is 12.7. The number of methoxy groups -OCH3 is 1. The molecule has 1 aromatic carbocycles. The summed E-state index contributed by atoms with van der Waals surface area (Å²) >= 11 is 0. The Morgan fingerprint density at radius 3 is 2.61 bits per heavy atom. The van der Waals surface area contributed by atoms with Crippen molar-refractivity contribution in [1.82, 2.24) is 4.31 Å². The van der Waals surface area contributed by atoms with Gasteiger partial charge in [-0.15, -0.1) is 0 Å². The minimum Gasteiger partial charge on any atom is -0.479 e. The molecule has 1 unspecified atom stereocenters. The van der Waals surface area contributed by atoms with E-state index in [9.17, 15) is 27.1 Å². The smallest absolute Gasteiger partial charge is 0.337 e. The molecule has 1 heterocycles. The number of carbonyl (C=O) groups is 1. The van der Waals surface area contributed by atoms with Gasteiger partial charge >= 0.3 is 5.97 Å². The van der Waals surface area contributed by atoms with Crippen molar-refractivity contribution >= 4 is 16.0 Å². The summed E-state index contributed by atoms with van der Waals surface area (Å²) in [6.45, 7) is 0.780. The number of ether oxygens (including phenoxy) is 1. The lowest BCUT2D eigenvalue weighted by atomic mass is 9.94. The topological polar surface area (TPSA) is 83.9 Å². The number of rotatable bonds is 4. The SMILES string of the molecule is COC1(C(=O)O)CCCN(S(=O)(=O)c2c(F)ccc(C)c2F)C1. The monoisotopic (exact) mass is 349 g/mol. The molecule has 1 aromatic rings. The fourth-order valence-electron chi connectivity index (χ4n) is 2.61. The fraction of sp³-hybridized carbons (Fsp3) is 0.500. The van der Waals surface area contributed by atoms with Gasteiger partial charge < -0.3 is 9.84 Å². The lowest BCUT2D eigenvalue weighted by molar-refractivity contribution is -0.166. The number of hydrogen-bond donors (Lipinski definition) is 1.